The summed E-state index contributed by atoms with van der Waals surface area (Å²) in [6.45, 7) is 0.404. The average molecular weight is 341 g/mol. The third kappa shape index (κ3) is 4.43. The van der Waals surface area contributed by atoms with Gasteiger partial charge in [-0.05, 0) is 30.5 Å². The van der Waals surface area contributed by atoms with Crippen LogP contribution in [0, 0.1) is 5.92 Å². The van der Waals surface area contributed by atoms with E-state index < -0.39 is 0 Å². The van der Waals surface area contributed by atoms with Gasteiger partial charge in [-0.15, -0.1) is 0 Å². The van der Waals surface area contributed by atoms with Crippen LogP contribution in [0.4, 0.5) is 5.82 Å². The Morgan fingerprint density at radius 1 is 1.20 bits per heavy atom. The van der Waals surface area contributed by atoms with Crippen LogP contribution in [-0.4, -0.2) is 26.6 Å². The second-order valence-corrected chi connectivity index (χ2v) is 6.40. The molecule has 0 bridgehead atoms. The molecule has 1 fully saturated rings. The van der Waals surface area contributed by atoms with Crippen LogP contribution in [0.1, 0.15) is 48.2 Å². The summed E-state index contributed by atoms with van der Waals surface area (Å²) in [5.74, 6) is 0.356. The summed E-state index contributed by atoms with van der Waals surface area (Å²) in [5.41, 5.74) is 1.25. The SMILES string of the molecule is Cn1nc(C(=O)NCc2ccncc2)cc1NC(=O)C1CCCCC1. The van der Waals surface area contributed by atoms with Gasteiger partial charge in [0.15, 0.2) is 5.69 Å². The van der Waals surface area contributed by atoms with E-state index in [1.807, 2.05) is 12.1 Å². The standard InChI is InChI=1S/C18H23N5O2/c1-23-16(21-17(24)14-5-3-2-4-6-14)11-15(22-23)18(25)20-12-13-7-9-19-10-8-13/h7-11,14H,2-6,12H2,1H3,(H,20,25)(H,21,24). The van der Waals surface area contributed by atoms with Crippen LogP contribution in [0.25, 0.3) is 0 Å². The Kier molecular flexibility index (Phi) is 5.42. The average Bonchev–Trinajstić information content (AvgIpc) is 3.02. The number of nitrogens with zero attached hydrogens (tertiary/aromatic N) is 3. The molecule has 2 aromatic rings. The van der Waals surface area contributed by atoms with Crippen molar-refractivity contribution in [3.63, 3.8) is 0 Å². The number of anilines is 1. The molecule has 2 amide bonds. The minimum atomic E-state index is -0.273. The van der Waals surface area contributed by atoms with Gasteiger partial charge in [0.2, 0.25) is 5.91 Å². The van der Waals surface area contributed by atoms with Crippen LogP contribution in [0.3, 0.4) is 0 Å². The molecule has 0 aliphatic heterocycles. The van der Waals surface area contributed by atoms with E-state index in [-0.39, 0.29) is 23.4 Å². The monoisotopic (exact) mass is 341 g/mol. The Bertz CT molecular complexity index is 735. The van der Waals surface area contributed by atoms with Crippen molar-refractivity contribution in [3.8, 4) is 0 Å². The molecule has 1 aliphatic rings. The zero-order valence-electron chi connectivity index (χ0n) is 14.4. The highest BCUT2D eigenvalue weighted by Gasteiger charge is 2.22. The number of carbonyl (C=O) groups is 2. The number of nitrogens with one attached hydrogen (secondary N) is 2. The van der Waals surface area contributed by atoms with Gasteiger partial charge in [0, 0.05) is 38.0 Å². The first-order valence-electron chi connectivity index (χ1n) is 8.65. The molecule has 7 heteroatoms. The van der Waals surface area contributed by atoms with Crippen molar-refractivity contribution in [2.45, 2.75) is 38.6 Å². The second-order valence-electron chi connectivity index (χ2n) is 6.40. The lowest BCUT2D eigenvalue weighted by Gasteiger charge is -2.20. The van der Waals surface area contributed by atoms with Crippen molar-refractivity contribution in [3.05, 3.63) is 41.9 Å². The predicted molar refractivity (Wildman–Crippen MR) is 93.8 cm³/mol. The maximum Gasteiger partial charge on any atom is 0.272 e. The lowest BCUT2D eigenvalue weighted by molar-refractivity contribution is -0.120. The van der Waals surface area contributed by atoms with Crippen molar-refractivity contribution >= 4 is 17.6 Å². The molecule has 1 aliphatic carbocycles. The van der Waals surface area contributed by atoms with Gasteiger partial charge in [0.25, 0.3) is 5.91 Å². The van der Waals surface area contributed by atoms with Gasteiger partial charge >= 0.3 is 0 Å². The molecule has 3 rings (SSSR count). The fraction of sp³-hybridized carbons (Fsp3) is 0.444. The highest BCUT2D eigenvalue weighted by molar-refractivity contribution is 5.96. The minimum absolute atomic E-state index is 0.0199. The molecule has 25 heavy (non-hydrogen) atoms. The third-order valence-corrected chi connectivity index (χ3v) is 4.54. The predicted octanol–water partition coefficient (Wildman–Crippen LogP) is 2.26. The van der Waals surface area contributed by atoms with Gasteiger partial charge in [-0.1, -0.05) is 19.3 Å². The summed E-state index contributed by atoms with van der Waals surface area (Å²) in [6.07, 6.45) is 8.64. The molecule has 132 valence electrons. The van der Waals surface area contributed by atoms with Gasteiger partial charge in [0.05, 0.1) is 0 Å². The molecule has 0 aromatic carbocycles. The number of aromatic nitrogens is 3. The highest BCUT2D eigenvalue weighted by atomic mass is 16.2. The van der Waals surface area contributed by atoms with Gasteiger partial charge in [0.1, 0.15) is 5.82 Å². The van der Waals surface area contributed by atoms with Gasteiger partial charge in [-0.25, -0.2) is 0 Å². The van der Waals surface area contributed by atoms with Gasteiger partial charge in [-0.3, -0.25) is 19.3 Å². The molecule has 2 N–H and O–H groups in total. The van der Waals surface area contributed by atoms with Gasteiger partial charge < -0.3 is 10.6 Å². The first-order chi connectivity index (χ1) is 12.1. The number of aryl methyl sites for hydroxylation is 1. The number of carbonyl (C=O) groups excluding carboxylic acids is 2. The maximum atomic E-state index is 12.4. The second kappa shape index (κ2) is 7.92. The zero-order valence-corrected chi connectivity index (χ0v) is 14.4. The Balaban J connectivity index is 1.59. The van der Waals surface area contributed by atoms with Crippen LogP contribution in [0.2, 0.25) is 0 Å². The van der Waals surface area contributed by atoms with Crippen LogP contribution >= 0.6 is 0 Å². The van der Waals surface area contributed by atoms with E-state index in [1.54, 1.807) is 25.5 Å². The minimum Gasteiger partial charge on any atom is -0.347 e. The molecule has 7 nitrogen and oxygen atoms in total. The molecule has 0 spiro atoms. The van der Waals surface area contributed by atoms with Crippen LogP contribution in [0.15, 0.2) is 30.6 Å². The molecular weight excluding hydrogens is 318 g/mol. The Morgan fingerprint density at radius 3 is 2.64 bits per heavy atom. The number of amides is 2. The zero-order chi connectivity index (χ0) is 17.6. The van der Waals surface area contributed by atoms with Crippen LogP contribution in [-0.2, 0) is 18.4 Å². The first-order valence-corrected chi connectivity index (χ1v) is 8.65. The van der Waals surface area contributed by atoms with Crippen molar-refractivity contribution in [1.82, 2.24) is 20.1 Å². The fourth-order valence-corrected chi connectivity index (χ4v) is 3.06. The first kappa shape index (κ1) is 17.1. The Labute approximate surface area is 146 Å². The largest absolute Gasteiger partial charge is 0.347 e. The van der Waals surface area contributed by atoms with E-state index >= 15 is 0 Å². The molecule has 0 atom stereocenters. The highest BCUT2D eigenvalue weighted by Crippen LogP contribution is 2.25. The third-order valence-electron chi connectivity index (χ3n) is 4.54. The van der Waals surface area contributed by atoms with Gasteiger partial charge in [-0.2, -0.15) is 5.10 Å². The Morgan fingerprint density at radius 2 is 1.92 bits per heavy atom. The van der Waals surface area contributed by atoms with E-state index in [0.717, 1.165) is 31.2 Å². The van der Waals surface area contributed by atoms with E-state index in [2.05, 4.69) is 20.7 Å². The molecule has 0 radical (unpaired) electrons. The Hall–Kier alpha value is -2.70. The number of hydrogen-bond acceptors (Lipinski definition) is 4. The fourth-order valence-electron chi connectivity index (χ4n) is 3.06. The van der Waals surface area contributed by atoms with Crippen molar-refractivity contribution < 1.29 is 9.59 Å². The lowest BCUT2D eigenvalue weighted by Crippen LogP contribution is -2.25. The maximum absolute atomic E-state index is 12.4. The van der Waals surface area contributed by atoms with Crippen LogP contribution < -0.4 is 10.6 Å². The quantitative estimate of drug-likeness (QED) is 0.873. The molecule has 2 heterocycles. The molecule has 0 saturated heterocycles. The van der Waals surface area contributed by atoms with E-state index in [9.17, 15) is 9.59 Å². The molecule has 1 saturated carbocycles. The summed E-state index contributed by atoms with van der Waals surface area (Å²) in [4.78, 5) is 28.5. The van der Waals surface area contributed by atoms with Crippen molar-refractivity contribution in [2.75, 3.05) is 5.32 Å². The summed E-state index contributed by atoms with van der Waals surface area (Å²) in [5, 5.41) is 9.92. The van der Waals surface area contributed by atoms with E-state index in [4.69, 9.17) is 0 Å². The number of rotatable bonds is 5. The molecular formula is C18H23N5O2. The normalized spacial score (nSPS) is 14.9. The van der Waals surface area contributed by atoms with Crippen LogP contribution in [0.5, 0.6) is 0 Å². The molecule has 0 unspecified atom stereocenters. The molecule has 2 aromatic heterocycles. The summed E-state index contributed by atoms with van der Waals surface area (Å²) in [7, 11) is 1.72. The summed E-state index contributed by atoms with van der Waals surface area (Å²) in [6, 6.07) is 5.30. The van der Waals surface area contributed by atoms with E-state index in [0.29, 0.717) is 12.4 Å². The topological polar surface area (TPSA) is 88.9 Å². The number of hydrogen-bond donors (Lipinski definition) is 2. The number of pyridine rings is 1. The smallest absolute Gasteiger partial charge is 0.272 e. The van der Waals surface area contributed by atoms with E-state index in [1.165, 1.54) is 11.1 Å². The lowest BCUT2D eigenvalue weighted by atomic mass is 9.89. The summed E-state index contributed by atoms with van der Waals surface area (Å²) >= 11 is 0. The van der Waals surface area contributed by atoms with Crippen molar-refractivity contribution in [2.24, 2.45) is 13.0 Å². The summed E-state index contributed by atoms with van der Waals surface area (Å²) < 4.78 is 1.53. The van der Waals surface area contributed by atoms with Crippen molar-refractivity contribution in [1.29, 1.82) is 0 Å².